The molecule has 0 spiro atoms. The summed E-state index contributed by atoms with van der Waals surface area (Å²) in [5.41, 5.74) is 12.6. The van der Waals surface area contributed by atoms with Crippen LogP contribution in [0.15, 0.2) is 126 Å². The lowest BCUT2D eigenvalue weighted by Crippen LogP contribution is -2.15. The van der Waals surface area contributed by atoms with Crippen molar-refractivity contribution in [3.05, 3.63) is 148 Å². The molecular formula is C32H27N3S. The molecule has 4 heteroatoms. The molecule has 4 aromatic carbocycles. The minimum absolute atomic E-state index is 0.440. The molecule has 0 bridgehead atoms. The monoisotopic (exact) mass is 485 g/mol. The predicted octanol–water partition coefficient (Wildman–Crippen LogP) is 7.79. The number of amidine groups is 1. The highest BCUT2D eigenvalue weighted by Gasteiger charge is 2.15. The number of nitrogens with two attached hydrogens (primary N) is 1. The van der Waals surface area contributed by atoms with Crippen molar-refractivity contribution in [3.63, 3.8) is 0 Å². The van der Waals surface area contributed by atoms with Crippen LogP contribution in [-0.4, -0.2) is 12.1 Å². The summed E-state index contributed by atoms with van der Waals surface area (Å²) in [5.74, 6) is 0.440. The Kier molecular flexibility index (Phi) is 6.87. The van der Waals surface area contributed by atoms with Crippen LogP contribution in [0.25, 0.3) is 15.7 Å². The van der Waals surface area contributed by atoms with Gasteiger partial charge in [0.2, 0.25) is 0 Å². The zero-order chi connectivity index (χ0) is 24.9. The molecule has 1 atom stereocenters. The quantitative estimate of drug-likeness (QED) is 0.186. The smallest absolute Gasteiger partial charge is 0.167 e. The van der Waals surface area contributed by atoms with E-state index in [1.807, 2.05) is 79.0 Å². The van der Waals surface area contributed by atoms with Gasteiger partial charge in [-0.1, -0.05) is 104 Å². The topological polar surface area (TPSA) is 50.7 Å². The normalized spacial score (nSPS) is 12.8. The lowest BCUT2D eigenvalue weighted by atomic mass is 9.95. The standard InChI is InChI=1S/C32H27N3S/c1-22(30-23(2)36-29-19-10-9-18-28(29)30)26-16-11-17-27(20-26)31(33)35-32(25-14-7-4-8-15-25)34-21-24-12-5-3-6-13-24/h3-21,32H,1H2,2H3,(H2,33,35)/b34-21+. The number of hydrogen-bond acceptors (Lipinski definition) is 3. The number of hydrogen-bond donors (Lipinski definition) is 1. The molecule has 0 aliphatic carbocycles. The molecule has 0 saturated heterocycles. The molecule has 0 saturated carbocycles. The molecule has 0 aliphatic rings. The first-order chi connectivity index (χ1) is 17.6. The van der Waals surface area contributed by atoms with Crippen LogP contribution in [0.3, 0.4) is 0 Å². The lowest BCUT2D eigenvalue weighted by molar-refractivity contribution is 0.781. The molecule has 0 amide bonds. The van der Waals surface area contributed by atoms with Gasteiger partial charge in [0.25, 0.3) is 0 Å². The summed E-state index contributed by atoms with van der Waals surface area (Å²) in [6.07, 6.45) is 1.40. The number of aryl methyl sites for hydroxylation is 1. The lowest BCUT2D eigenvalue weighted by Gasteiger charge is -2.12. The van der Waals surface area contributed by atoms with Crippen molar-refractivity contribution in [3.8, 4) is 0 Å². The third-order valence-corrected chi connectivity index (χ3v) is 7.19. The van der Waals surface area contributed by atoms with Crippen molar-refractivity contribution < 1.29 is 0 Å². The van der Waals surface area contributed by atoms with Crippen LogP contribution >= 0.6 is 11.3 Å². The fourth-order valence-electron chi connectivity index (χ4n) is 4.27. The Morgan fingerprint density at radius 2 is 1.50 bits per heavy atom. The molecule has 1 heterocycles. The van der Waals surface area contributed by atoms with Crippen molar-refractivity contribution in [1.82, 2.24) is 0 Å². The molecular weight excluding hydrogens is 458 g/mol. The van der Waals surface area contributed by atoms with E-state index in [0.29, 0.717) is 5.84 Å². The SMILES string of the molecule is C=C(c1cccc(/C(N)=N/C(/N=C/c2ccccc2)c2ccccc2)c1)c1c(C)sc2ccccc12. The maximum absolute atomic E-state index is 6.56. The van der Waals surface area contributed by atoms with E-state index < -0.39 is 6.17 Å². The zero-order valence-corrected chi connectivity index (χ0v) is 21.0. The summed E-state index contributed by atoms with van der Waals surface area (Å²) in [6, 6.07) is 36.6. The van der Waals surface area contributed by atoms with E-state index in [1.165, 1.54) is 20.5 Å². The van der Waals surface area contributed by atoms with Crippen LogP contribution in [0.2, 0.25) is 0 Å². The number of rotatable bonds is 7. The van der Waals surface area contributed by atoms with Crippen molar-refractivity contribution >= 4 is 39.0 Å². The maximum atomic E-state index is 6.56. The van der Waals surface area contributed by atoms with Gasteiger partial charge in [-0.3, -0.25) is 4.99 Å². The van der Waals surface area contributed by atoms with E-state index in [1.54, 1.807) is 11.3 Å². The maximum Gasteiger partial charge on any atom is 0.167 e. The van der Waals surface area contributed by atoms with Gasteiger partial charge < -0.3 is 5.73 Å². The van der Waals surface area contributed by atoms with E-state index in [4.69, 9.17) is 15.7 Å². The molecule has 5 rings (SSSR count). The average Bonchev–Trinajstić information content (AvgIpc) is 3.27. The molecule has 2 N–H and O–H groups in total. The Hall–Kier alpha value is -4.28. The van der Waals surface area contributed by atoms with Gasteiger partial charge in [0.15, 0.2) is 6.17 Å². The van der Waals surface area contributed by atoms with Gasteiger partial charge in [0.05, 0.1) is 0 Å². The molecule has 1 aromatic heterocycles. The van der Waals surface area contributed by atoms with Crippen LogP contribution in [0.1, 0.15) is 38.9 Å². The molecule has 0 radical (unpaired) electrons. The molecule has 5 aromatic rings. The summed E-state index contributed by atoms with van der Waals surface area (Å²) in [7, 11) is 0. The van der Waals surface area contributed by atoms with E-state index in [9.17, 15) is 0 Å². The van der Waals surface area contributed by atoms with Crippen LogP contribution in [-0.2, 0) is 0 Å². The van der Waals surface area contributed by atoms with E-state index in [2.05, 4.69) is 49.9 Å². The van der Waals surface area contributed by atoms with Gasteiger partial charge >= 0.3 is 0 Å². The molecule has 36 heavy (non-hydrogen) atoms. The molecule has 176 valence electrons. The van der Waals surface area contributed by atoms with Gasteiger partial charge in [-0.2, -0.15) is 0 Å². The van der Waals surface area contributed by atoms with E-state index in [-0.39, 0.29) is 0 Å². The summed E-state index contributed by atoms with van der Waals surface area (Å²) < 4.78 is 1.27. The second-order valence-corrected chi connectivity index (χ2v) is 9.83. The molecule has 0 fully saturated rings. The van der Waals surface area contributed by atoms with Gasteiger partial charge in [0.1, 0.15) is 5.84 Å². The minimum Gasteiger partial charge on any atom is -0.383 e. The van der Waals surface area contributed by atoms with Crippen LogP contribution < -0.4 is 5.73 Å². The van der Waals surface area contributed by atoms with Gasteiger partial charge in [-0.15, -0.1) is 11.3 Å². The van der Waals surface area contributed by atoms with Crippen molar-refractivity contribution in [1.29, 1.82) is 0 Å². The predicted molar refractivity (Wildman–Crippen MR) is 155 cm³/mol. The fourth-order valence-corrected chi connectivity index (χ4v) is 5.37. The van der Waals surface area contributed by atoms with E-state index >= 15 is 0 Å². The second kappa shape index (κ2) is 10.5. The third kappa shape index (κ3) is 5.04. The van der Waals surface area contributed by atoms with Crippen molar-refractivity contribution in [2.75, 3.05) is 0 Å². The Bertz CT molecular complexity index is 1560. The molecule has 0 aliphatic heterocycles. The van der Waals surface area contributed by atoms with Gasteiger partial charge in [0, 0.05) is 32.3 Å². The van der Waals surface area contributed by atoms with Crippen LogP contribution in [0.5, 0.6) is 0 Å². The highest BCUT2D eigenvalue weighted by Crippen LogP contribution is 2.37. The Morgan fingerprint density at radius 3 is 2.28 bits per heavy atom. The molecule has 3 nitrogen and oxygen atoms in total. The first kappa shape index (κ1) is 23.5. The first-order valence-corrected chi connectivity index (χ1v) is 12.7. The summed E-state index contributed by atoms with van der Waals surface area (Å²) in [5, 5.41) is 1.23. The number of benzene rings is 4. The van der Waals surface area contributed by atoms with Crippen LogP contribution in [0, 0.1) is 6.92 Å². The number of thiophene rings is 1. The summed E-state index contributed by atoms with van der Waals surface area (Å²) in [4.78, 5) is 10.9. The summed E-state index contributed by atoms with van der Waals surface area (Å²) in [6.45, 7) is 6.61. The average molecular weight is 486 g/mol. The molecule has 1 unspecified atom stereocenters. The fraction of sp³-hybridized carbons (Fsp3) is 0.0625. The summed E-state index contributed by atoms with van der Waals surface area (Å²) >= 11 is 1.80. The highest BCUT2D eigenvalue weighted by atomic mass is 32.1. The largest absolute Gasteiger partial charge is 0.383 e. The Balaban J connectivity index is 1.48. The third-order valence-electron chi connectivity index (χ3n) is 6.10. The second-order valence-electron chi connectivity index (χ2n) is 8.58. The Morgan fingerprint density at radius 1 is 0.833 bits per heavy atom. The highest BCUT2D eigenvalue weighted by molar-refractivity contribution is 7.19. The van der Waals surface area contributed by atoms with Crippen molar-refractivity contribution in [2.24, 2.45) is 15.7 Å². The van der Waals surface area contributed by atoms with E-state index in [0.717, 1.165) is 27.8 Å². The first-order valence-electron chi connectivity index (χ1n) is 11.8. The number of fused-ring (bicyclic) bond motifs is 1. The van der Waals surface area contributed by atoms with Crippen LogP contribution in [0.4, 0.5) is 0 Å². The zero-order valence-electron chi connectivity index (χ0n) is 20.1. The van der Waals surface area contributed by atoms with Gasteiger partial charge in [-0.05, 0) is 41.3 Å². The van der Waals surface area contributed by atoms with Gasteiger partial charge in [-0.25, -0.2) is 4.99 Å². The van der Waals surface area contributed by atoms with Crippen molar-refractivity contribution in [2.45, 2.75) is 13.1 Å². The number of nitrogens with zero attached hydrogens (tertiary/aromatic N) is 2. The Labute approximate surface area is 216 Å². The number of aliphatic imine (C=N–C) groups is 2. The minimum atomic E-state index is -0.443.